The summed E-state index contributed by atoms with van der Waals surface area (Å²) in [7, 11) is -1.55. The van der Waals surface area contributed by atoms with E-state index in [4.69, 9.17) is 58.0 Å². The Balaban J connectivity index is 0.000000159. The molecule has 0 aliphatic carbocycles. The van der Waals surface area contributed by atoms with Crippen molar-refractivity contribution < 1.29 is 10.0 Å². The van der Waals surface area contributed by atoms with E-state index in [-0.39, 0.29) is 16.4 Å². The van der Waals surface area contributed by atoms with Crippen LogP contribution in [-0.2, 0) is 0 Å². The van der Waals surface area contributed by atoms with Gasteiger partial charge >= 0.3 is 7.12 Å². The molecule has 0 radical (unpaired) electrons. The van der Waals surface area contributed by atoms with Gasteiger partial charge in [0, 0.05) is 37.9 Å². The van der Waals surface area contributed by atoms with Crippen LogP contribution in [0.15, 0.2) is 158 Å². The molecule has 8 rings (SSSR count). The van der Waals surface area contributed by atoms with E-state index in [0.717, 1.165) is 27.8 Å². The van der Waals surface area contributed by atoms with Gasteiger partial charge < -0.3 is 10.0 Å². The summed E-state index contributed by atoms with van der Waals surface area (Å²) in [6.07, 6.45) is 0. The number of nitrogens with zero attached hydrogens (tertiary/aromatic N) is 8. The highest BCUT2D eigenvalue weighted by atomic mass is 35.5. The predicted octanol–water partition coefficient (Wildman–Crippen LogP) is 10.5. The van der Waals surface area contributed by atoms with Crippen LogP contribution in [0, 0.1) is 13.1 Å². The number of hydrogen-bond acceptors (Lipinski definition) is 8. The lowest BCUT2D eigenvalue weighted by molar-refractivity contribution is 0.426. The Morgan fingerprint density at radius 2 is 0.724 bits per heavy atom. The molecular formula is C44H28BCl3N8O2. The fourth-order valence-corrected chi connectivity index (χ4v) is 5.71. The molecule has 0 bridgehead atoms. The van der Waals surface area contributed by atoms with E-state index in [2.05, 4.69) is 39.6 Å². The molecule has 10 nitrogen and oxygen atoms in total. The minimum absolute atomic E-state index is 0.202. The first-order valence-electron chi connectivity index (χ1n) is 17.3. The summed E-state index contributed by atoms with van der Waals surface area (Å²) < 4.78 is 0. The summed E-state index contributed by atoms with van der Waals surface area (Å²) in [5, 5.41) is 18.4. The van der Waals surface area contributed by atoms with Crippen molar-refractivity contribution in [1.82, 2.24) is 29.9 Å². The summed E-state index contributed by atoms with van der Waals surface area (Å²) in [5.74, 6) is 2.83. The average molecular weight is 818 g/mol. The Labute approximate surface area is 349 Å². The van der Waals surface area contributed by atoms with Gasteiger partial charge in [-0.3, -0.25) is 0 Å². The van der Waals surface area contributed by atoms with Crippen molar-refractivity contribution in [3.63, 3.8) is 0 Å². The van der Waals surface area contributed by atoms with Crippen LogP contribution >= 0.6 is 34.8 Å². The van der Waals surface area contributed by atoms with Gasteiger partial charge in [-0.1, -0.05) is 175 Å². The lowest BCUT2D eigenvalue weighted by Gasteiger charge is -2.09. The van der Waals surface area contributed by atoms with Gasteiger partial charge in [-0.05, 0) is 23.1 Å². The topological polar surface area (TPSA) is 127 Å². The van der Waals surface area contributed by atoms with Crippen LogP contribution in [0.2, 0.25) is 15.3 Å². The molecule has 0 saturated carbocycles. The molecule has 0 atom stereocenters. The maximum atomic E-state index is 8.74. The van der Waals surface area contributed by atoms with E-state index in [1.165, 1.54) is 18.2 Å². The van der Waals surface area contributed by atoms with Gasteiger partial charge in [0.05, 0.1) is 13.1 Å². The summed E-state index contributed by atoms with van der Waals surface area (Å²) in [6.45, 7) is 14.0. The molecule has 0 aliphatic rings. The van der Waals surface area contributed by atoms with Crippen molar-refractivity contribution in [3.05, 3.63) is 196 Å². The molecule has 0 spiro atoms. The molecule has 0 amide bonds. The Kier molecular flexibility index (Phi) is 14.0. The summed E-state index contributed by atoms with van der Waals surface area (Å²) >= 11 is 17.7. The van der Waals surface area contributed by atoms with Gasteiger partial charge in [0.25, 0.3) is 0 Å². The van der Waals surface area contributed by atoms with Crippen LogP contribution in [0.5, 0.6) is 0 Å². The van der Waals surface area contributed by atoms with E-state index in [1.807, 2.05) is 127 Å². The molecule has 0 saturated heterocycles. The highest BCUT2D eigenvalue weighted by Gasteiger charge is 2.14. The fraction of sp³-hybridized carbons (Fsp3) is 0. The largest absolute Gasteiger partial charge is 0.487 e. The summed E-state index contributed by atoms with van der Waals surface area (Å²) in [5.41, 5.74) is 5.23. The van der Waals surface area contributed by atoms with E-state index in [9.17, 15) is 0 Å². The zero-order valence-electron chi connectivity index (χ0n) is 30.2. The van der Waals surface area contributed by atoms with Crippen molar-refractivity contribution in [2.45, 2.75) is 0 Å². The van der Waals surface area contributed by atoms with Crippen LogP contribution < -0.4 is 5.46 Å². The fourth-order valence-electron chi connectivity index (χ4n) is 5.23. The van der Waals surface area contributed by atoms with Gasteiger partial charge in [0.1, 0.15) is 0 Å². The quantitative estimate of drug-likeness (QED) is 0.125. The Morgan fingerprint density at radius 3 is 1.09 bits per heavy atom. The lowest BCUT2D eigenvalue weighted by Crippen LogP contribution is -2.29. The molecule has 8 aromatic rings. The van der Waals surface area contributed by atoms with Crippen molar-refractivity contribution in [2.24, 2.45) is 0 Å². The number of halogens is 3. The lowest BCUT2D eigenvalue weighted by atomic mass is 9.80. The number of hydrogen-bond donors (Lipinski definition) is 2. The number of aromatic nitrogens is 6. The second kappa shape index (κ2) is 19.9. The third-order valence-corrected chi connectivity index (χ3v) is 8.89. The molecule has 14 heteroatoms. The normalized spacial score (nSPS) is 10.1. The van der Waals surface area contributed by atoms with Crippen molar-refractivity contribution in [3.8, 4) is 56.9 Å². The second-order valence-electron chi connectivity index (χ2n) is 12.0. The van der Waals surface area contributed by atoms with Crippen LogP contribution in [0.4, 0.5) is 11.4 Å². The van der Waals surface area contributed by atoms with E-state index in [1.54, 1.807) is 12.1 Å². The van der Waals surface area contributed by atoms with Crippen LogP contribution in [0.1, 0.15) is 0 Å². The molecular weight excluding hydrogens is 790 g/mol. The van der Waals surface area contributed by atoms with E-state index < -0.39 is 7.12 Å². The monoisotopic (exact) mass is 816 g/mol. The predicted molar refractivity (Wildman–Crippen MR) is 231 cm³/mol. The highest BCUT2D eigenvalue weighted by Crippen LogP contribution is 2.31. The van der Waals surface area contributed by atoms with Gasteiger partial charge in [0.15, 0.2) is 29.1 Å². The molecule has 2 N–H and O–H groups in total. The third-order valence-electron chi connectivity index (χ3n) is 8.09. The highest BCUT2D eigenvalue weighted by molar-refractivity contribution is 6.59. The van der Waals surface area contributed by atoms with Crippen LogP contribution in [0.25, 0.3) is 66.6 Å². The van der Waals surface area contributed by atoms with Crippen molar-refractivity contribution >= 4 is 58.8 Å². The summed E-state index contributed by atoms with van der Waals surface area (Å²) in [6, 6.07) is 48.4. The maximum absolute atomic E-state index is 8.74. The Hall–Kier alpha value is -6.83. The van der Waals surface area contributed by atoms with E-state index in [0.29, 0.717) is 44.9 Å². The van der Waals surface area contributed by atoms with Crippen molar-refractivity contribution in [2.75, 3.05) is 0 Å². The number of benzene rings is 6. The minimum Gasteiger partial charge on any atom is -0.423 e. The molecule has 2 aromatic heterocycles. The van der Waals surface area contributed by atoms with Gasteiger partial charge in [-0.15, -0.1) is 0 Å². The summed E-state index contributed by atoms with van der Waals surface area (Å²) in [4.78, 5) is 33.3. The smallest absolute Gasteiger partial charge is 0.423 e. The first kappa shape index (κ1) is 40.8. The third kappa shape index (κ3) is 10.7. The molecule has 2 heterocycles. The Bertz CT molecular complexity index is 2600. The maximum Gasteiger partial charge on any atom is 0.487 e. The van der Waals surface area contributed by atoms with Gasteiger partial charge in [0.2, 0.25) is 16.7 Å². The SMILES string of the molecule is Clc1nc(-c2ccccc2)nc(-c2ccccc2)n1.[C-]#[N+]c1cc(-c2nc(-c3ccccc3)nc(-c3ccccc3)n2)ccc1Cl.[C-]#[N+]c1cc(B(O)O)ccc1Cl. The standard InChI is InChI=1S/C22H13ClN4.C15H10ClN3.C7H5BClNO2/c1-24-19-14-17(12-13-18(19)23)22-26-20(15-8-4-2-5-9-15)25-21(27-22)16-10-6-3-7-11-16;16-15-18-13(11-7-3-1-4-8-11)17-14(19-15)12-9-5-2-6-10-12;1-10-7-4-5(8(11)12)2-3-6(7)9/h2-14H;1-10H;2-4,11-12H. The first-order chi connectivity index (χ1) is 28.2. The molecule has 280 valence electrons. The van der Waals surface area contributed by atoms with Gasteiger partial charge in [-0.2, -0.15) is 9.97 Å². The Morgan fingerprint density at radius 1 is 0.397 bits per heavy atom. The zero-order chi connectivity index (χ0) is 40.9. The van der Waals surface area contributed by atoms with Gasteiger partial charge in [-0.25, -0.2) is 29.6 Å². The minimum atomic E-state index is -1.55. The molecule has 0 unspecified atom stereocenters. The van der Waals surface area contributed by atoms with E-state index >= 15 is 0 Å². The molecule has 58 heavy (non-hydrogen) atoms. The molecule has 6 aromatic carbocycles. The van der Waals surface area contributed by atoms with Crippen molar-refractivity contribution in [1.29, 1.82) is 0 Å². The van der Waals surface area contributed by atoms with Crippen LogP contribution in [-0.4, -0.2) is 47.1 Å². The second-order valence-corrected chi connectivity index (χ2v) is 13.1. The zero-order valence-corrected chi connectivity index (χ0v) is 32.5. The molecule has 0 fully saturated rings. The molecule has 0 aliphatic heterocycles. The number of rotatable bonds is 6. The van der Waals surface area contributed by atoms with Crippen LogP contribution in [0.3, 0.4) is 0 Å². The first-order valence-corrected chi connectivity index (χ1v) is 18.5. The average Bonchev–Trinajstić information content (AvgIpc) is 3.28.